The van der Waals surface area contributed by atoms with Gasteiger partial charge in [-0.3, -0.25) is 4.98 Å². The zero-order chi connectivity index (χ0) is 12.3. The molecular weight excluding hydrogens is 250 g/mol. The lowest BCUT2D eigenvalue weighted by Gasteiger charge is -2.05. The average Bonchev–Trinajstić information content (AvgIpc) is 2.28. The summed E-state index contributed by atoms with van der Waals surface area (Å²) < 4.78 is 31.0. The molecule has 0 bridgehead atoms. The standard InChI is InChI=1S/C11H7ClF2N2O/c12-4-9-5-15-6-11(16-9)17-10-2-7(13)1-8(14)3-10/h1-3,5-6H,4H2. The SMILES string of the molecule is Fc1cc(F)cc(Oc2cncc(CCl)n2)c1. The van der Waals surface area contributed by atoms with E-state index in [0.29, 0.717) is 5.69 Å². The minimum atomic E-state index is -0.721. The van der Waals surface area contributed by atoms with Gasteiger partial charge in [-0.05, 0) is 0 Å². The van der Waals surface area contributed by atoms with Gasteiger partial charge >= 0.3 is 0 Å². The Labute approximate surface area is 101 Å². The zero-order valence-electron chi connectivity index (χ0n) is 8.53. The van der Waals surface area contributed by atoms with Crippen LogP contribution in [0.5, 0.6) is 11.6 Å². The number of halogens is 3. The molecule has 2 aromatic rings. The second kappa shape index (κ2) is 5.05. The number of ether oxygens (including phenoxy) is 1. The molecule has 17 heavy (non-hydrogen) atoms. The molecule has 0 saturated carbocycles. The third-order valence-corrected chi connectivity index (χ3v) is 2.13. The summed E-state index contributed by atoms with van der Waals surface area (Å²) in [5, 5.41) is 0. The summed E-state index contributed by atoms with van der Waals surface area (Å²) in [6, 6.07) is 2.87. The van der Waals surface area contributed by atoms with Gasteiger partial charge in [-0.2, -0.15) is 0 Å². The molecule has 2 rings (SSSR count). The molecule has 6 heteroatoms. The lowest BCUT2D eigenvalue weighted by atomic mass is 10.3. The van der Waals surface area contributed by atoms with E-state index >= 15 is 0 Å². The molecule has 0 aliphatic heterocycles. The Hall–Kier alpha value is -1.75. The minimum absolute atomic E-state index is 0.0172. The summed E-state index contributed by atoms with van der Waals surface area (Å²) in [7, 11) is 0. The normalized spacial score (nSPS) is 10.3. The van der Waals surface area contributed by atoms with E-state index in [-0.39, 0.29) is 17.5 Å². The molecule has 0 aliphatic rings. The van der Waals surface area contributed by atoms with Crippen molar-refractivity contribution in [3.63, 3.8) is 0 Å². The van der Waals surface area contributed by atoms with E-state index in [1.54, 1.807) is 0 Å². The van der Waals surface area contributed by atoms with Gasteiger partial charge in [0.15, 0.2) is 0 Å². The first-order chi connectivity index (χ1) is 8.17. The summed E-state index contributed by atoms with van der Waals surface area (Å²) in [5.74, 6) is -1.11. The van der Waals surface area contributed by atoms with Crippen LogP contribution >= 0.6 is 11.6 Å². The molecule has 0 aliphatic carbocycles. The lowest BCUT2D eigenvalue weighted by Crippen LogP contribution is -1.94. The molecular formula is C11H7ClF2N2O. The largest absolute Gasteiger partial charge is 0.437 e. The number of alkyl halides is 1. The average molecular weight is 257 g/mol. The molecule has 0 unspecified atom stereocenters. The van der Waals surface area contributed by atoms with E-state index in [1.807, 2.05) is 0 Å². The van der Waals surface area contributed by atoms with Gasteiger partial charge in [-0.15, -0.1) is 11.6 Å². The molecule has 0 atom stereocenters. The monoisotopic (exact) mass is 256 g/mol. The Bertz CT molecular complexity index is 516. The molecule has 0 spiro atoms. The van der Waals surface area contributed by atoms with Crippen LogP contribution in [0.1, 0.15) is 5.69 Å². The fourth-order valence-electron chi connectivity index (χ4n) is 1.21. The highest BCUT2D eigenvalue weighted by molar-refractivity contribution is 6.16. The number of hydrogen-bond donors (Lipinski definition) is 0. The summed E-state index contributed by atoms with van der Waals surface area (Å²) in [4.78, 5) is 7.82. The second-order valence-electron chi connectivity index (χ2n) is 3.19. The smallest absolute Gasteiger partial charge is 0.238 e. The summed E-state index contributed by atoms with van der Waals surface area (Å²) in [6.07, 6.45) is 2.81. The maximum atomic E-state index is 12.9. The van der Waals surface area contributed by atoms with Crippen LogP contribution in [-0.4, -0.2) is 9.97 Å². The highest BCUT2D eigenvalue weighted by atomic mass is 35.5. The number of benzene rings is 1. The number of nitrogens with zero attached hydrogens (tertiary/aromatic N) is 2. The highest BCUT2D eigenvalue weighted by Gasteiger charge is 2.04. The molecule has 3 nitrogen and oxygen atoms in total. The van der Waals surface area contributed by atoms with E-state index in [0.717, 1.165) is 18.2 Å². The van der Waals surface area contributed by atoms with Crippen molar-refractivity contribution < 1.29 is 13.5 Å². The third kappa shape index (κ3) is 3.10. The molecule has 1 heterocycles. The van der Waals surface area contributed by atoms with Crippen molar-refractivity contribution >= 4 is 11.6 Å². The van der Waals surface area contributed by atoms with Crippen LogP contribution in [0.3, 0.4) is 0 Å². The van der Waals surface area contributed by atoms with Gasteiger partial charge < -0.3 is 4.74 Å². The van der Waals surface area contributed by atoms with Crippen molar-refractivity contribution in [1.29, 1.82) is 0 Å². The van der Waals surface area contributed by atoms with E-state index in [9.17, 15) is 8.78 Å². The molecule has 1 aromatic heterocycles. The topological polar surface area (TPSA) is 35.0 Å². The molecule has 88 valence electrons. The molecule has 0 N–H and O–H groups in total. The Morgan fingerprint density at radius 2 is 1.82 bits per heavy atom. The van der Waals surface area contributed by atoms with Crippen LogP contribution in [-0.2, 0) is 5.88 Å². The van der Waals surface area contributed by atoms with Crippen LogP contribution in [0.25, 0.3) is 0 Å². The summed E-state index contributed by atoms with van der Waals surface area (Å²) in [6.45, 7) is 0. The second-order valence-corrected chi connectivity index (χ2v) is 3.46. The van der Waals surface area contributed by atoms with Crippen molar-refractivity contribution in [3.05, 3.63) is 47.9 Å². The van der Waals surface area contributed by atoms with Gasteiger partial charge in [0.25, 0.3) is 0 Å². The van der Waals surface area contributed by atoms with Gasteiger partial charge in [0, 0.05) is 24.4 Å². The molecule has 0 radical (unpaired) electrons. The van der Waals surface area contributed by atoms with Crippen molar-refractivity contribution in [2.75, 3.05) is 0 Å². The maximum Gasteiger partial charge on any atom is 0.238 e. The van der Waals surface area contributed by atoms with Crippen LogP contribution in [0.2, 0.25) is 0 Å². The highest BCUT2D eigenvalue weighted by Crippen LogP contribution is 2.21. The number of rotatable bonds is 3. The molecule has 0 saturated heterocycles. The van der Waals surface area contributed by atoms with E-state index in [4.69, 9.17) is 16.3 Å². The zero-order valence-corrected chi connectivity index (χ0v) is 9.29. The van der Waals surface area contributed by atoms with Crippen LogP contribution in [0.4, 0.5) is 8.78 Å². The van der Waals surface area contributed by atoms with E-state index in [1.165, 1.54) is 12.4 Å². The van der Waals surface area contributed by atoms with Gasteiger partial charge in [0.05, 0.1) is 17.8 Å². The van der Waals surface area contributed by atoms with E-state index in [2.05, 4.69) is 9.97 Å². The maximum absolute atomic E-state index is 12.9. The first-order valence-electron chi connectivity index (χ1n) is 4.68. The van der Waals surface area contributed by atoms with Crippen molar-refractivity contribution in [2.45, 2.75) is 5.88 Å². The molecule has 1 aromatic carbocycles. The Morgan fingerprint density at radius 3 is 2.47 bits per heavy atom. The molecule has 0 amide bonds. The van der Waals surface area contributed by atoms with E-state index < -0.39 is 11.6 Å². The third-order valence-electron chi connectivity index (χ3n) is 1.86. The molecule has 0 fully saturated rings. The Kier molecular flexibility index (Phi) is 3.49. The Morgan fingerprint density at radius 1 is 1.12 bits per heavy atom. The minimum Gasteiger partial charge on any atom is -0.437 e. The number of aromatic nitrogens is 2. The first-order valence-corrected chi connectivity index (χ1v) is 5.21. The van der Waals surface area contributed by atoms with Gasteiger partial charge in [0.1, 0.15) is 17.4 Å². The lowest BCUT2D eigenvalue weighted by molar-refractivity contribution is 0.447. The van der Waals surface area contributed by atoms with Crippen LogP contribution < -0.4 is 4.74 Å². The van der Waals surface area contributed by atoms with Crippen LogP contribution in [0, 0.1) is 11.6 Å². The van der Waals surface area contributed by atoms with Crippen LogP contribution in [0.15, 0.2) is 30.6 Å². The van der Waals surface area contributed by atoms with Gasteiger partial charge in [0.2, 0.25) is 5.88 Å². The van der Waals surface area contributed by atoms with Gasteiger partial charge in [-0.1, -0.05) is 0 Å². The Balaban J connectivity index is 2.24. The van der Waals surface area contributed by atoms with Crippen molar-refractivity contribution in [2.24, 2.45) is 0 Å². The number of hydrogen-bond acceptors (Lipinski definition) is 3. The summed E-state index contributed by atoms with van der Waals surface area (Å²) in [5.41, 5.74) is 0.515. The first kappa shape index (κ1) is 11.7. The predicted octanol–water partition coefficient (Wildman–Crippen LogP) is 3.29. The summed E-state index contributed by atoms with van der Waals surface area (Å²) >= 11 is 5.57. The van der Waals surface area contributed by atoms with Gasteiger partial charge in [-0.25, -0.2) is 13.8 Å². The van der Waals surface area contributed by atoms with Crippen molar-refractivity contribution in [3.8, 4) is 11.6 Å². The predicted molar refractivity (Wildman–Crippen MR) is 58.0 cm³/mol. The fourth-order valence-corrected chi connectivity index (χ4v) is 1.34. The fraction of sp³-hybridized carbons (Fsp3) is 0.0909. The quantitative estimate of drug-likeness (QED) is 0.791. The van der Waals surface area contributed by atoms with Crippen molar-refractivity contribution in [1.82, 2.24) is 9.97 Å².